The Hall–Kier alpha value is -1.20. The number of aromatic nitrogens is 3. The van der Waals surface area contributed by atoms with Crippen LogP contribution in [0.1, 0.15) is 43.7 Å². The average Bonchev–Trinajstić information content (AvgIpc) is 3.15. The van der Waals surface area contributed by atoms with Gasteiger partial charge in [-0.3, -0.25) is 4.90 Å². The van der Waals surface area contributed by atoms with E-state index in [0.29, 0.717) is 5.92 Å². The molecule has 3 rings (SSSR count). The number of H-pyrrole nitrogens is 1. The minimum atomic E-state index is 0.237. The molecule has 1 aliphatic heterocycles. The number of aromatic amines is 1. The van der Waals surface area contributed by atoms with Crippen LogP contribution in [0.3, 0.4) is 0 Å². The number of likely N-dealkylation sites (tertiary alicyclic amines) is 1. The smallest absolute Gasteiger partial charge is 0.0894 e. The molecule has 1 aliphatic carbocycles. The highest BCUT2D eigenvalue weighted by Gasteiger charge is 2.35. The van der Waals surface area contributed by atoms with Crippen molar-refractivity contribution in [1.82, 2.24) is 20.3 Å². The first kappa shape index (κ1) is 13.8. The Morgan fingerprint density at radius 3 is 3.05 bits per heavy atom. The van der Waals surface area contributed by atoms with E-state index in [0.717, 1.165) is 25.3 Å². The van der Waals surface area contributed by atoms with Gasteiger partial charge in [-0.1, -0.05) is 11.6 Å². The maximum atomic E-state index is 5.63. The zero-order valence-electron chi connectivity index (χ0n) is 12.2. The molecule has 110 valence electrons. The summed E-state index contributed by atoms with van der Waals surface area (Å²) < 4.78 is 5.63. The second-order valence-corrected chi connectivity index (χ2v) is 5.89. The molecule has 2 atom stereocenters. The van der Waals surface area contributed by atoms with Gasteiger partial charge in [0, 0.05) is 32.7 Å². The van der Waals surface area contributed by atoms with Gasteiger partial charge in [-0.25, -0.2) is 0 Å². The lowest BCUT2D eigenvalue weighted by molar-refractivity contribution is 0.0964. The Kier molecular flexibility index (Phi) is 4.47. The summed E-state index contributed by atoms with van der Waals surface area (Å²) in [6, 6.07) is 0. The van der Waals surface area contributed by atoms with Crippen LogP contribution in [0.15, 0.2) is 17.8 Å². The fourth-order valence-electron chi connectivity index (χ4n) is 3.38. The lowest BCUT2D eigenvalue weighted by Gasteiger charge is -2.18. The van der Waals surface area contributed by atoms with Crippen molar-refractivity contribution in [3.63, 3.8) is 0 Å². The van der Waals surface area contributed by atoms with E-state index < -0.39 is 0 Å². The summed E-state index contributed by atoms with van der Waals surface area (Å²) in [4.78, 5) is 2.50. The molecule has 0 unspecified atom stereocenters. The highest BCUT2D eigenvalue weighted by molar-refractivity contribution is 5.10. The minimum absolute atomic E-state index is 0.237. The van der Waals surface area contributed by atoms with E-state index in [-0.39, 0.29) is 6.10 Å². The number of allylic oxidation sites excluding steroid dienone is 1. The second kappa shape index (κ2) is 6.50. The number of nitrogens with zero attached hydrogens (tertiary/aromatic N) is 3. The molecule has 0 radical (unpaired) electrons. The Bertz CT molecular complexity index is 443. The third-order valence-corrected chi connectivity index (χ3v) is 4.59. The fourth-order valence-corrected chi connectivity index (χ4v) is 3.38. The van der Waals surface area contributed by atoms with Gasteiger partial charge in [-0.15, -0.1) is 0 Å². The van der Waals surface area contributed by atoms with Crippen molar-refractivity contribution in [2.75, 3.05) is 26.7 Å². The molecule has 1 saturated heterocycles. The predicted octanol–water partition coefficient (Wildman–Crippen LogP) is 2.11. The van der Waals surface area contributed by atoms with Crippen molar-refractivity contribution in [2.24, 2.45) is 0 Å². The highest BCUT2D eigenvalue weighted by Crippen LogP contribution is 2.29. The molecule has 1 aromatic rings. The molecule has 2 heterocycles. The van der Waals surface area contributed by atoms with Crippen molar-refractivity contribution >= 4 is 0 Å². The van der Waals surface area contributed by atoms with Gasteiger partial charge in [0.25, 0.3) is 0 Å². The first-order valence-corrected chi connectivity index (χ1v) is 7.65. The van der Waals surface area contributed by atoms with Crippen molar-refractivity contribution in [2.45, 2.75) is 44.1 Å². The molecule has 0 amide bonds. The largest absolute Gasteiger partial charge is 0.379 e. The average molecular weight is 276 g/mol. The molecule has 0 bridgehead atoms. The minimum Gasteiger partial charge on any atom is -0.379 e. The van der Waals surface area contributed by atoms with Crippen molar-refractivity contribution in [1.29, 1.82) is 0 Å². The lowest BCUT2D eigenvalue weighted by atomic mass is 9.97. The van der Waals surface area contributed by atoms with Crippen molar-refractivity contribution in [3.8, 4) is 0 Å². The van der Waals surface area contributed by atoms with Crippen LogP contribution in [0.25, 0.3) is 0 Å². The molecule has 0 saturated carbocycles. The van der Waals surface area contributed by atoms with Crippen LogP contribution in [-0.4, -0.2) is 53.2 Å². The topological polar surface area (TPSA) is 54.0 Å². The Labute approximate surface area is 120 Å². The summed E-state index contributed by atoms with van der Waals surface area (Å²) in [5.74, 6) is 0.346. The quantitative estimate of drug-likeness (QED) is 0.837. The fraction of sp³-hybridized carbons (Fsp3) is 0.733. The number of ether oxygens (including phenoxy) is 1. The van der Waals surface area contributed by atoms with Crippen LogP contribution in [-0.2, 0) is 4.74 Å². The van der Waals surface area contributed by atoms with Crippen LogP contribution in [0, 0.1) is 0 Å². The third-order valence-electron chi connectivity index (χ3n) is 4.59. The lowest BCUT2D eigenvalue weighted by Crippen LogP contribution is -2.24. The molecule has 1 fully saturated rings. The van der Waals surface area contributed by atoms with Crippen molar-refractivity contribution in [3.05, 3.63) is 23.5 Å². The van der Waals surface area contributed by atoms with Crippen LogP contribution in [0.2, 0.25) is 0 Å². The molecular weight excluding hydrogens is 252 g/mol. The molecule has 20 heavy (non-hydrogen) atoms. The number of hydrogen-bond donors (Lipinski definition) is 1. The number of nitrogens with one attached hydrogen (secondary N) is 1. The maximum absolute atomic E-state index is 5.63. The number of rotatable bonds is 5. The Morgan fingerprint density at radius 2 is 2.35 bits per heavy atom. The van der Waals surface area contributed by atoms with E-state index in [9.17, 15) is 0 Å². The second-order valence-electron chi connectivity index (χ2n) is 5.89. The summed E-state index contributed by atoms with van der Waals surface area (Å²) in [5, 5.41) is 10.9. The standard InChI is InChI=1S/C15H24N4O/c1-20-15-11-19(8-7-12-5-3-2-4-6-12)10-13(15)14-9-16-18-17-14/h5,9,13,15H,2-4,6-8,10-11H2,1H3,(H,16,17,18)/t13-,15+/m0/s1. The molecule has 5 nitrogen and oxygen atoms in total. The van der Waals surface area contributed by atoms with Gasteiger partial charge in [-0.05, 0) is 32.1 Å². The third kappa shape index (κ3) is 3.10. The van der Waals surface area contributed by atoms with Crippen molar-refractivity contribution < 1.29 is 4.74 Å². The summed E-state index contributed by atoms with van der Waals surface area (Å²) in [6.07, 6.45) is 11.0. The molecule has 1 aromatic heterocycles. The van der Waals surface area contributed by atoms with Crippen LogP contribution < -0.4 is 0 Å². The van der Waals surface area contributed by atoms with Gasteiger partial charge in [0.2, 0.25) is 0 Å². The van der Waals surface area contributed by atoms with Gasteiger partial charge in [0.1, 0.15) is 0 Å². The Morgan fingerprint density at radius 1 is 1.40 bits per heavy atom. The van der Waals surface area contributed by atoms with Crippen LogP contribution in [0.5, 0.6) is 0 Å². The van der Waals surface area contributed by atoms with Gasteiger partial charge < -0.3 is 4.74 Å². The summed E-state index contributed by atoms with van der Waals surface area (Å²) in [5.41, 5.74) is 2.67. The first-order chi connectivity index (χ1) is 9.86. The molecule has 2 aliphatic rings. The first-order valence-electron chi connectivity index (χ1n) is 7.65. The normalized spacial score (nSPS) is 27.8. The van der Waals surface area contributed by atoms with E-state index in [1.54, 1.807) is 12.7 Å². The van der Waals surface area contributed by atoms with E-state index in [1.807, 2.05) is 6.20 Å². The van der Waals surface area contributed by atoms with Gasteiger partial charge in [-0.2, -0.15) is 15.4 Å². The number of methoxy groups -OCH3 is 1. The molecule has 1 N–H and O–H groups in total. The molecule has 0 spiro atoms. The van der Waals surface area contributed by atoms with E-state index in [1.165, 1.54) is 32.1 Å². The predicted molar refractivity (Wildman–Crippen MR) is 77.5 cm³/mol. The van der Waals surface area contributed by atoms with E-state index >= 15 is 0 Å². The molecule has 5 heteroatoms. The van der Waals surface area contributed by atoms with Gasteiger partial charge in [0.15, 0.2) is 0 Å². The Balaban J connectivity index is 1.55. The number of hydrogen-bond acceptors (Lipinski definition) is 4. The van der Waals surface area contributed by atoms with E-state index in [2.05, 4.69) is 26.4 Å². The molecule has 0 aromatic carbocycles. The maximum Gasteiger partial charge on any atom is 0.0894 e. The van der Waals surface area contributed by atoms with Gasteiger partial charge >= 0.3 is 0 Å². The van der Waals surface area contributed by atoms with Crippen LogP contribution >= 0.6 is 0 Å². The van der Waals surface area contributed by atoms with Gasteiger partial charge in [0.05, 0.1) is 18.0 Å². The van der Waals surface area contributed by atoms with E-state index in [4.69, 9.17) is 4.74 Å². The SMILES string of the molecule is CO[C@@H]1CN(CCC2=CCCCC2)C[C@H]1c1cn[nH]n1. The monoisotopic (exact) mass is 276 g/mol. The summed E-state index contributed by atoms with van der Waals surface area (Å²) in [7, 11) is 1.80. The highest BCUT2D eigenvalue weighted by atomic mass is 16.5. The summed E-state index contributed by atoms with van der Waals surface area (Å²) >= 11 is 0. The molecular formula is C15H24N4O. The van der Waals surface area contributed by atoms with Crippen LogP contribution in [0.4, 0.5) is 0 Å². The summed E-state index contributed by atoms with van der Waals surface area (Å²) in [6.45, 7) is 3.17. The zero-order valence-corrected chi connectivity index (χ0v) is 12.2. The zero-order chi connectivity index (χ0) is 13.8.